The predicted molar refractivity (Wildman–Crippen MR) is 87.6 cm³/mol. The van der Waals surface area contributed by atoms with E-state index in [-0.39, 0.29) is 11.5 Å². The van der Waals surface area contributed by atoms with Gasteiger partial charge in [0.05, 0.1) is 6.61 Å². The van der Waals surface area contributed by atoms with Crippen LogP contribution in [0.3, 0.4) is 0 Å². The lowest BCUT2D eigenvalue weighted by atomic mass is 9.81. The number of halogens is 2. The van der Waals surface area contributed by atoms with E-state index in [2.05, 4.69) is 0 Å². The van der Waals surface area contributed by atoms with E-state index < -0.39 is 17.9 Å². The van der Waals surface area contributed by atoms with E-state index in [1.54, 1.807) is 6.07 Å². The normalized spacial score (nSPS) is 26.4. The smallest absolute Gasteiger partial charge is 0.204 e. The first-order chi connectivity index (χ1) is 11.6. The van der Waals surface area contributed by atoms with Crippen molar-refractivity contribution in [3.8, 4) is 11.5 Å². The molecule has 4 nitrogen and oxygen atoms in total. The van der Waals surface area contributed by atoms with Crippen molar-refractivity contribution < 1.29 is 18.3 Å². The largest absolute Gasteiger partial charge is 0.490 e. The topological polar surface area (TPSA) is 68.3 Å². The first-order valence-electron chi connectivity index (χ1n) is 8.63. The van der Waals surface area contributed by atoms with Crippen molar-refractivity contribution in [3.63, 3.8) is 0 Å². The van der Waals surface area contributed by atoms with Crippen LogP contribution in [0.1, 0.15) is 44.1 Å². The molecular weight excluding hydrogens is 314 g/mol. The molecule has 1 fully saturated rings. The number of rotatable bonds is 5. The van der Waals surface area contributed by atoms with Crippen LogP contribution in [0.5, 0.6) is 11.5 Å². The summed E-state index contributed by atoms with van der Waals surface area (Å²) in [6.45, 7) is 0.396. The molecule has 1 heterocycles. The van der Waals surface area contributed by atoms with Gasteiger partial charge in [0.15, 0.2) is 11.5 Å². The van der Waals surface area contributed by atoms with Crippen molar-refractivity contribution in [2.24, 2.45) is 17.6 Å². The standard InChI is InChI=1S/C18H24F2N2O2/c19-16-14(9-13-5-6-15(22)24-18(13)17(16)20)23-10-12-3-1-11(2-4-12)7-8-21/h8-9,11-12,15,21H,1-7,10,22H2. The van der Waals surface area contributed by atoms with E-state index >= 15 is 0 Å². The van der Waals surface area contributed by atoms with Crippen LogP contribution in [0, 0.1) is 28.9 Å². The maximum atomic E-state index is 14.2. The third-order valence-electron chi connectivity index (χ3n) is 5.06. The Kier molecular flexibility index (Phi) is 5.33. The summed E-state index contributed by atoms with van der Waals surface area (Å²) in [6.07, 6.45) is 6.99. The fraction of sp³-hybridized carbons (Fsp3) is 0.611. The van der Waals surface area contributed by atoms with Crippen LogP contribution >= 0.6 is 0 Å². The summed E-state index contributed by atoms with van der Waals surface area (Å²) in [4.78, 5) is 0. The molecule has 1 aliphatic heterocycles. The summed E-state index contributed by atoms with van der Waals surface area (Å²) in [5.74, 6) is -1.18. The Bertz CT molecular complexity index is 601. The molecule has 3 N–H and O–H groups in total. The van der Waals surface area contributed by atoms with Crippen molar-refractivity contribution in [2.45, 2.75) is 51.2 Å². The molecule has 1 atom stereocenters. The zero-order chi connectivity index (χ0) is 17.1. The van der Waals surface area contributed by atoms with Gasteiger partial charge in [0.2, 0.25) is 11.6 Å². The Labute approximate surface area is 140 Å². The third-order valence-corrected chi connectivity index (χ3v) is 5.06. The van der Waals surface area contributed by atoms with E-state index in [1.165, 1.54) is 6.21 Å². The number of nitrogens with two attached hydrogens (primary N) is 1. The first kappa shape index (κ1) is 17.1. The van der Waals surface area contributed by atoms with Gasteiger partial charge in [0, 0.05) is 12.0 Å². The number of fused-ring (bicyclic) bond motifs is 1. The average molecular weight is 338 g/mol. The molecule has 24 heavy (non-hydrogen) atoms. The maximum Gasteiger partial charge on any atom is 0.204 e. The number of hydrogen-bond acceptors (Lipinski definition) is 4. The lowest BCUT2D eigenvalue weighted by Crippen LogP contribution is -2.32. The molecule has 0 bridgehead atoms. The van der Waals surface area contributed by atoms with Crippen LogP contribution < -0.4 is 15.2 Å². The van der Waals surface area contributed by atoms with Gasteiger partial charge in [-0.05, 0) is 62.6 Å². The Morgan fingerprint density at radius 2 is 1.88 bits per heavy atom. The minimum atomic E-state index is -1.01. The zero-order valence-corrected chi connectivity index (χ0v) is 13.7. The lowest BCUT2D eigenvalue weighted by Gasteiger charge is -2.28. The van der Waals surface area contributed by atoms with Gasteiger partial charge in [-0.1, -0.05) is 0 Å². The molecule has 0 saturated heterocycles. The quantitative estimate of drug-likeness (QED) is 0.803. The fourth-order valence-electron chi connectivity index (χ4n) is 3.57. The second-order valence-corrected chi connectivity index (χ2v) is 6.82. The molecule has 2 aliphatic rings. The van der Waals surface area contributed by atoms with E-state index in [0.29, 0.717) is 36.8 Å². The second kappa shape index (κ2) is 7.47. The van der Waals surface area contributed by atoms with Crippen molar-refractivity contribution in [1.82, 2.24) is 0 Å². The Balaban J connectivity index is 1.62. The minimum absolute atomic E-state index is 0.0352. The van der Waals surface area contributed by atoms with Crippen LogP contribution in [0.2, 0.25) is 0 Å². The minimum Gasteiger partial charge on any atom is -0.490 e. The first-order valence-corrected chi connectivity index (χ1v) is 8.63. The molecular formula is C18H24F2N2O2. The highest BCUT2D eigenvalue weighted by Gasteiger charge is 2.27. The van der Waals surface area contributed by atoms with Gasteiger partial charge in [-0.2, -0.15) is 8.78 Å². The molecule has 1 unspecified atom stereocenters. The van der Waals surface area contributed by atoms with Gasteiger partial charge in [0.1, 0.15) is 6.23 Å². The number of benzene rings is 1. The number of aryl methyl sites for hydroxylation is 1. The number of hydrogen-bond donors (Lipinski definition) is 2. The predicted octanol–water partition coefficient (Wildman–Crippen LogP) is 3.80. The van der Waals surface area contributed by atoms with Crippen molar-refractivity contribution in [3.05, 3.63) is 23.3 Å². The second-order valence-electron chi connectivity index (χ2n) is 6.82. The third kappa shape index (κ3) is 3.69. The maximum absolute atomic E-state index is 14.2. The molecule has 3 rings (SSSR count). The van der Waals surface area contributed by atoms with Crippen LogP contribution in [0.25, 0.3) is 0 Å². The molecule has 0 aromatic heterocycles. The molecule has 1 aromatic rings. The summed E-state index contributed by atoms with van der Waals surface area (Å²) in [5.41, 5.74) is 6.25. The summed E-state index contributed by atoms with van der Waals surface area (Å²) < 4.78 is 39.2. The summed E-state index contributed by atoms with van der Waals surface area (Å²) in [5, 5.41) is 7.17. The lowest BCUT2D eigenvalue weighted by molar-refractivity contribution is 0.162. The monoisotopic (exact) mass is 338 g/mol. The Morgan fingerprint density at radius 1 is 1.17 bits per heavy atom. The number of nitrogens with one attached hydrogen (secondary N) is 1. The SMILES string of the molecule is N=CCC1CCC(COc2cc3c(c(F)c2F)OC(N)CC3)CC1. The van der Waals surface area contributed by atoms with Crippen molar-refractivity contribution in [1.29, 1.82) is 5.41 Å². The molecule has 6 heteroatoms. The van der Waals surface area contributed by atoms with Crippen LogP contribution in [-0.2, 0) is 6.42 Å². The molecule has 132 valence electrons. The van der Waals surface area contributed by atoms with E-state index in [0.717, 1.165) is 32.1 Å². The van der Waals surface area contributed by atoms with Crippen molar-refractivity contribution in [2.75, 3.05) is 6.61 Å². The molecule has 1 saturated carbocycles. The number of ether oxygens (including phenoxy) is 2. The zero-order valence-electron chi connectivity index (χ0n) is 13.7. The van der Waals surface area contributed by atoms with Crippen LogP contribution in [0.15, 0.2) is 6.07 Å². The summed E-state index contributed by atoms with van der Waals surface area (Å²) >= 11 is 0. The van der Waals surface area contributed by atoms with Gasteiger partial charge >= 0.3 is 0 Å². The Morgan fingerprint density at radius 3 is 2.58 bits per heavy atom. The molecule has 1 aliphatic carbocycles. The van der Waals surface area contributed by atoms with Crippen LogP contribution in [0.4, 0.5) is 8.78 Å². The highest BCUT2D eigenvalue weighted by molar-refractivity contribution is 5.53. The fourth-order valence-corrected chi connectivity index (χ4v) is 3.57. The Hall–Kier alpha value is -1.69. The molecule has 0 amide bonds. The molecule has 1 aromatic carbocycles. The summed E-state index contributed by atoms with van der Waals surface area (Å²) in [7, 11) is 0. The van der Waals surface area contributed by atoms with Gasteiger partial charge in [-0.25, -0.2) is 0 Å². The molecule has 0 spiro atoms. The van der Waals surface area contributed by atoms with Gasteiger partial charge in [0.25, 0.3) is 0 Å². The average Bonchev–Trinajstić information content (AvgIpc) is 2.59. The van der Waals surface area contributed by atoms with E-state index in [9.17, 15) is 8.78 Å². The van der Waals surface area contributed by atoms with E-state index in [1.807, 2.05) is 0 Å². The van der Waals surface area contributed by atoms with Gasteiger partial charge in [-0.3, -0.25) is 5.73 Å². The van der Waals surface area contributed by atoms with Gasteiger partial charge in [-0.15, -0.1) is 0 Å². The van der Waals surface area contributed by atoms with Crippen molar-refractivity contribution >= 4 is 6.21 Å². The molecule has 0 radical (unpaired) electrons. The van der Waals surface area contributed by atoms with Gasteiger partial charge < -0.3 is 14.9 Å². The highest BCUT2D eigenvalue weighted by atomic mass is 19.2. The highest BCUT2D eigenvalue weighted by Crippen LogP contribution is 2.37. The van der Waals surface area contributed by atoms with Crippen LogP contribution in [-0.4, -0.2) is 19.0 Å². The van der Waals surface area contributed by atoms with E-state index in [4.69, 9.17) is 20.6 Å². The summed E-state index contributed by atoms with van der Waals surface area (Å²) in [6, 6.07) is 1.54.